The van der Waals surface area contributed by atoms with Crippen molar-refractivity contribution in [2.75, 3.05) is 25.2 Å². The molecule has 35 heavy (non-hydrogen) atoms. The zero-order valence-electron chi connectivity index (χ0n) is 20.3. The Labute approximate surface area is 215 Å². The van der Waals surface area contributed by atoms with Crippen molar-refractivity contribution in [3.8, 4) is 5.75 Å². The lowest BCUT2D eigenvalue weighted by atomic mass is 9.69. The van der Waals surface area contributed by atoms with Gasteiger partial charge < -0.3 is 9.47 Å². The molecule has 0 saturated carbocycles. The molecule has 184 valence electrons. The second-order valence-corrected chi connectivity index (χ2v) is 10.6. The molecular formula is C28H30ClNO4S. The van der Waals surface area contributed by atoms with Crippen molar-refractivity contribution in [1.29, 1.82) is 0 Å². The predicted molar refractivity (Wildman–Crippen MR) is 142 cm³/mol. The van der Waals surface area contributed by atoms with Crippen molar-refractivity contribution in [3.63, 3.8) is 0 Å². The number of benzene rings is 2. The minimum Gasteiger partial charge on any atom is -0.497 e. The Morgan fingerprint density at radius 3 is 2.43 bits per heavy atom. The van der Waals surface area contributed by atoms with Gasteiger partial charge in [0, 0.05) is 40.1 Å². The summed E-state index contributed by atoms with van der Waals surface area (Å²) in [4.78, 5) is 31.7. The van der Waals surface area contributed by atoms with Gasteiger partial charge in [-0.3, -0.25) is 14.6 Å². The summed E-state index contributed by atoms with van der Waals surface area (Å²) in [5, 5.41) is 0.667. The fourth-order valence-corrected chi connectivity index (χ4v) is 5.56. The maximum absolute atomic E-state index is 13.6. The topological polar surface area (TPSA) is 65.0 Å². The molecule has 1 unspecified atom stereocenters. The summed E-state index contributed by atoms with van der Waals surface area (Å²) in [6.45, 7) is 4.28. The van der Waals surface area contributed by atoms with E-state index in [1.807, 2.05) is 55.5 Å². The molecule has 3 atom stereocenters. The molecule has 2 aromatic rings. The second-order valence-electron chi connectivity index (χ2n) is 8.79. The van der Waals surface area contributed by atoms with Crippen molar-refractivity contribution < 1.29 is 19.1 Å². The third-order valence-corrected chi connectivity index (χ3v) is 7.75. The summed E-state index contributed by atoms with van der Waals surface area (Å²) in [6, 6.07) is 15.2. The van der Waals surface area contributed by atoms with Crippen LogP contribution in [0.1, 0.15) is 49.7 Å². The van der Waals surface area contributed by atoms with E-state index in [-0.39, 0.29) is 17.7 Å². The molecule has 2 aromatic carbocycles. The molecule has 0 saturated heterocycles. The molecule has 4 rings (SSSR count). The number of methoxy groups -OCH3 is 1. The largest absolute Gasteiger partial charge is 0.497 e. The van der Waals surface area contributed by atoms with Crippen molar-refractivity contribution in [1.82, 2.24) is 0 Å². The average Bonchev–Trinajstić information content (AvgIpc) is 2.86. The first kappa shape index (κ1) is 25.5. The van der Waals surface area contributed by atoms with Crippen LogP contribution in [0.3, 0.4) is 0 Å². The number of aliphatic imine (C=N–C) groups is 1. The number of allylic oxidation sites excluding steroid dienone is 2. The molecule has 0 radical (unpaired) electrons. The fourth-order valence-electron chi connectivity index (χ4n) is 4.94. The number of ether oxygens (including phenoxy) is 2. The summed E-state index contributed by atoms with van der Waals surface area (Å²) in [5.41, 5.74) is 4.04. The number of thioether (sulfide) groups is 1. The molecule has 0 fully saturated rings. The van der Waals surface area contributed by atoms with Crippen LogP contribution >= 0.6 is 23.4 Å². The number of rotatable bonds is 8. The number of hydrogen-bond acceptors (Lipinski definition) is 6. The molecule has 0 N–H and O–H groups in total. The highest BCUT2D eigenvalue weighted by Gasteiger charge is 2.44. The fraction of sp³-hybridized carbons (Fsp3) is 0.393. The van der Waals surface area contributed by atoms with Gasteiger partial charge in [0.15, 0.2) is 5.78 Å². The third kappa shape index (κ3) is 5.65. The van der Waals surface area contributed by atoms with E-state index < -0.39 is 11.8 Å². The van der Waals surface area contributed by atoms with Crippen molar-refractivity contribution in [2.24, 2.45) is 10.9 Å². The zero-order chi connectivity index (χ0) is 24.9. The Hall–Kier alpha value is -2.57. The molecule has 0 bridgehead atoms. The monoisotopic (exact) mass is 511 g/mol. The first-order valence-corrected chi connectivity index (χ1v) is 13.4. The molecule has 2 aliphatic rings. The summed E-state index contributed by atoms with van der Waals surface area (Å²) in [5.74, 6) is 1.09. The first-order valence-electron chi connectivity index (χ1n) is 11.9. The Morgan fingerprint density at radius 2 is 1.77 bits per heavy atom. The molecular weight excluding hydrogens is 482 g/mol. The van der Waals surface area contributed by atoms with Gasteiger partial charge in [-0.1, -0.05) is 42.8 Å². The van der Waals surface area contributed by atoms with E-state index in [0.29, 0.717) is 35.8 Å². The van der Waals surface area contributed by atoms with E-state index in [1.54, 1.807) is 18.9 Å². The highest BCUT2D eigenvalue weighted by atomic mass is 35.5. The van der Waals surface area contributed by atoms with E-state index in [4.69, 9.17) is 26.1 Å². The van der Waals surface area contributed by atoms with Gasteiger partial charge in [-0.05, 0) is 60.4 Å². The number of nitrogens with zero attached hydrogens (tertiary/aromatic N) is 1. The standard InChI is InChI=1S/C28H30ClNO4S/c1-4-35-14-13-34-28(32)25-17(2)30-23-15-20(18-5-9-21(29)10-6-18)16-24(31)27(23)26(25)19-7-11-22(33-3)12-8-19/h5-12,20,25-26H,4,13-16H2,1-3H3/t20-,25?,26+/m0/s1. The number of carbonyl (C=O) groups is 2. The second kappa shape index (κ2) is 11.4. The molecule has 5 nitrogen and oxygen atoms in total. The lowest BCUT2D eigenvalue weighted by Crippen LogP contribution is -2.38. The molecule has 1 heterocycles. The summed E-state index contributed by atoms with van der Waals surface area (Å²) < 4.78 is 11.0. The predicted octanol–water partition coefficient (Wildman–Crippen LogP) is 6.22. The Kier molecular flexibility index (Phi) is 8.34. The Bertz CT molecular complexity index is 1140. The first-order chi connectivity index (χ1) is 16.9. The van der Waals surface area contributed by atoms with Crippen LogP contribution in [0.4, 0.5) is 0 Å². The van der Waals surface area contributed by atoms with Crippen LogP contribution in [0.15, 0.2) is 64.8 Å². The maximum Gasteiger partial charge on any atom is 0.315 e. The van der Waals surface area contributed by atoms with E-state index >= 15 is 0 Å². The van der Waals surface area contributed by atoms with Crippen LogP contribution in [0.2, 0.25) is 5.02 Å². The quantitative estimate of drug-likeness (QED) is 0.311. The lowest BCUT2D eigenvalue weighted by Gasteiger charge is -2.36. The van der Waals surface area contributed by atoms with Gasteiger partial charge in [0.25, 0.3) is 0 Å². The number of halogens is 1. The Balaban J connectivity index is 1.70. The molecule has 0 aromatic heterocycles. The van der Waals surface area contributed by atoms with Gasteiger partial charge in [0.2, 0.25) is 0 Å². The van der Waals surface area contributed by atoms with E-state index in [2.05, 4.69) is 6.92 Å². The third-order valence-electron chi connectivity index (χ3n) is 6.63. The van der Waals surface area contributed by atoms with Crippen LogP contribution in [-0.2, 0) is 14.3 Å². The molecule has 7 heteroatoms. The van der Waals surface area contributed by atoms with Crippen molar-refractivity contribution in [2.45, 2.75) is 38.5 Å². The molecule has 1 aliphatic carbocycles. The van der Waals surface area contributed by atoms with Crippen LogP contribution in [0.5, 0.6) is 5.75 Å². The number of ketones is 1. The van der Waals surface area contributed by atoms with Crippen molar-refractivity contribution >= 4 is 40.8 Å². The summed E-state index contributed by atoms with van der Waals surface area (Å²) >= 11 is 7.79. The van der Waals surface area contributed by atoms with Gasteiger partial charge in [0.1, 0.15) is 18.3 Å². The Morgan fingerprint density at radius 1 is 1.09 bits per heavy atom. The van der Waals surface area contributed by atoms with Crippen LogP contribution in [0.25, 0.3) is 0 Å². The van der Waals surface area contributed by atoms with Crippen LogP contribution in [-0.4, -0.2) is 42.7 Å². The van der Waals surface area contributed by atoms with Crippen molar-refractivity contribution in [3.05, 3.63) is 76.0 Å². The van der Waals surface area contributed by atoms with Crippen LogP contribution < -0.4 is 4.74 Å². The number of esters is 1. The minimum absolute atomic E-state index is 0.0288. The summed E-state index contributed by atoms with van der Waals surface area (Å²) in [7, 11) is 1.61. The maximum atomic E-state index is 13.6. The summed E-state index contributed by atoms with van der Waals surface area (Å²) in [6.07, 6.45) is 1.01. The van der Waals surface area contributed by atoms with Gasteiger partial charge >= 0.3 is 5.97 Å². The number of Topliss-reactive ketones (excluding diaryl/α,β-unsaturated/α-hetero) is 1. The van der Waals surface area contributed by atoms with E-state index in [1.165, 1.54) is 0 Å². The smallest absolute Gasteiger partial charge is 0.315 e. The van der Waals surface area contributed by atoms with Gasteiger partial charge in [-0.25, -0.2) is 0 Å². The average molecular weight is 512 g/mol. The number of carbonyl (C=O) groups excluding carboxylic acids is 2. The van der Waals surface area contributed by atoms with Gasteiger partial charge in [0.05, 0.1) is 7.11 Å². The van der Waals surface area contributed by atoms with Crippen LogP contribution in [0, 0.1) is 5.92 Å². The molecule has 0 spiro atoms. The minimum atomic E-state index is -0.634. The normalized spacial score (nSPS) is 21.9. The number of hydrogen-bond donors (Lipinski definition) is 0. The SMILES string of the molecule is CCSCCOC(=O)C1C(C)=NC2=C(C(=O)C[C@@H](c3ccc(Cl)cc3)C2)[C@@H]1c1ccc(OC)cc1. The molecule has 0 amide bonds. The van der Waals surface area contributed by atoms with Gasteiger partial charge in [-0.15, -0.1) is 0 Å². The molecule has 1 aliphatic heterocycles. The lowest BCUT2D eigenvalue weighted by molar-refractivity contribution is -0.145. The van der Waals surface area contributed by atoms with E-state index in [0.717, 1.165) is 34.1 Å². The zero-order valence-corrected chi connectivity index (χ0v) is 21.8. The highest BCUT2D eigenvalue weighted by molar-refractivity contribution is 7.99. The van der Waals surface area contributed by atoms with Gasteiger partial charge in [-0.2, -0.15) is 11.8 Å². The highest BCUT2D eigenvalue weighted by Crippen LogP contribution is 2.47. The van der Waals surface area contributed by atoms with E-state index in [9.17, 15) is 9.59 Å².